The number of amides is 3. The van der Waals surface area contributed by atoms with E-state index in [9.17, 15) is 19.5 Å². The summed E-state index contributed by atoms with van der Waals surface area (Å²) in [6.45, 7) is 0.525. The molecule has 2 aliphatic rings. The minimum absolute atomic E-state index is 0.0376. The van der Waals surface area contributed by atoms with Crippen molar-refractivity contribution in [1.82, 2.24) is 15.5 Å². The van der Waals surface area contributed by atoms with Gasteiger partial charge in [-0.3, -0.25) is 9.59 Å². The highest BCUT2D eigenvalue weighted by molar-refractivity contribution is 5.90. The topological polar surface area (TPSA) is 98.7 Å². The molecular weight excluding hydrogens is 394 g/mol. The molecule has 7 nitrogen and oxygen atoms in total. The fraction of sp³-hybridized carbons (Fsp3) is 0.375. The molecule has 1 aliphatic heterocycles. The summed E-state index contributed by atoms with van der Waals surface area (Å²) in [6.07, 6.45) is 0.435. The van der Waals surface area contributed by atoms with Gasteiger partial charge in [0, 0.05) is 31.6 Å². The second-order valence-corrected chi connectivity index (χ2v) is 8.30. The summed E-state index contributed by atoms with van der Waals surface area (Å²) in [7, 11) is 0. The van der Waals surface area contributed by atoms with Crippen molar-refractivity contribution >= 4 is 17.9 Å². The average Bonchev–Trinajstić information content (AvgIpc) is 3.39. The molecule has 1 aliphatic carbocycles. The van der Waals surface area contributed by atoms with Gasteiger partial charge >= 0.3 is 6.09 Å². The quantitative estimate of drug-likeness (QED) is 0.639. The predicted octanol–water partition coefficient (Wildman–Crippen LogP) is 2.24. The smallest absolute Gasteiger partial charge is 0.407 e. The largest absolute Gasteiger partial charge is 0.465 e. The number of hydrogen-bond donors (Lipinski definition) is 3. The number of hydrogen-bond acceptors (Lipinski definition) is 3. The van der Waals surface area contributed by atoms with Crippen LogP contribution in [0.15, 0.2) is 60.7 Å². The van der Waals surface area contributed by atoms with E-state index in [1.807, 2.05) is 60.7 Å². The van der Waals surface area contributed by atoms with Gasteiger partial charge in [-0.2, -0.15) is 0 Å². The average molecular weight is 421 g/mol. The van der Waals surface area contributed by atoms with Crippen LogP contribution in [0.4, 0.5) is 4.79 Å². The van der Waals surface area contributed by atoms with Crippen LogP contribution < -0.4 is 10.6 Å². The van der Waals surface area contributed by atoms with Crippen LogP contribution >= 0.6 is 0 Å². The molecule has 4 rings (SSSR count). The van der Waals surface area contributed by atoms with Gasteiger partial charge in [-0.15, -0.1) is 0 Å². The molecule has 3 N–H and O–H groups in total. The van der Waals surface area contributed by atoms with Crippen LogP contribution in [0.3, 0.4) is 0 Å². The van der Waals surface area contributed by atoms with E-state index in [0.29, 0.717) is 13.0 Å². The Hall–Kier alpha value is -3.35. The third-order valence-electron chi connectivity index (χ3n) is 6.17. The lowest BCUT2D eigenvalue weighted by Crippen LogP contribution is -2.42. The summed E-state index contributed by atoms with van der Waals surface area (Å²) in [6, 6.07) is 19.8. The van der Waals surface area contributed by atoms with E-state index in [-0.39, 0.29) is 36.9 Å². The summed E-state index contributed by atoms with van der Waals surface area (Å²) in [5.41, 5.74) is 2.29. The van der Waals surface area contributed by atoms with E-state index < -0.39 is 17.9 Å². The van der Waals surface area contributed by atoms with Gasteiger partial charge in [0.05, 0.1) is 11.8 Å². The molecule has 2 fully saturated rings. The molecule has 0 radical (unpaired) electrons. The molecule has 4 atom stereocenters. The van der Waals surface area contributed by atoms with E-state index in [4.69, 9.17) is 0 Å². The van der Waals surface area contributed by atoms with Crippen LogP contribution in [-0.2, 0) is 16.0 Å². The van der Waals surface area contributed by atoms with Gasteiger partial charge in [0.1, 0.15) is 0 Å². The van der Waals surface area contributed by atoms with Gasteiger partial charge in [0.15, 0.2) is 0 Å². The van der Waals surface area contributed by atoms with E-state index in [1.54, 1.807) is 0 Å². The summed E-state index contributed by atoms with van der Waals surface area (Å²) < 4.78 is 0. The monoisotopic (exact) mass is 421 g/mol. The first-order valence-corrected chi connectivity index (χ1v) is 10.7. The SMILES string of the molecule is O=C(NCCc1ccccc1)[C@H]1CN(C(=O)O)C[C@@H]1C(=O)NC1CC1c1ccccc1. The number of carbonyl (C=O) groups excluding carboxylic acids is 2. The number of carbonyl (C=O) groups is 3. The molecular formula is C24H27N3O4. The second kappa shape index (κ2) is 9.20. The van der Waals surface area contributed by atoms with Crippen LogP contribution in [0.25, 0.3) is 0 Å². The molecule has 3 amide bonds. The first-order valence-electron chi connectivity index (χ1n) is 10.7. The predicted molar refractivity (Wildman–Crippen MR) is 115 cm³/mol. The highest BCUT2D eigenvalue weighted by Crippen LogP contribution is 2.41. The Morgan fingerprint density at radius 1 is 0.903 bits per heavy atom. The standard InChI is InChI=1S/C24H27N3O4/c28-22(25-12-11-16-7-3-1-4-8-16)19-14-27(24(30)31)15-20(19)23(29)26-21-13-18(21)17-9-5-2-6-10-17/h1-10,18-21H,11-15H2,(H,25,28)(H,26,29)(H,30,31)/t18?,19-,20-,21?/m0/s1. The first kappa shape index (κ1) is 20.9. The molecule has 2 aromatic carbocycles. The molecule has 2 unspecified atom stereocenters. The Bertz CT molecular complexity index is 934. The third-order valence-corrected chi connectivity index (χ3v) is 6.17. The number of nitrogens with zero attached hydrogens (tertiary/aromatic N) is 1. The first-order chi connectivity index (χ1) is 15.0. The summed E-state index contributed by atoms with van der Waals surface area (Å²) >= 11 is 0. The van der Waals surface area contributed by atoms with Crippen LogP contribution in [0.1, 0.15) is 23.5 Å². The molecule has 162 valence electrons. The van der Waals surface area contributed by atoms with Crippen molar-refractivity contribution in [1.29, 1.82) is 0 Å². The van der Waals surface area contributed by atoms with Crippen molar-refractivity contribution in [2.45, 2.75) is 24.8 Å². The fourth-order valence-electron chi connectivity index (χ4n) is 4.31. The van der Waals surface area contributed by atoms with Gasteiger partial charge in [0.25, 0.3) is 0 Å². The summed E-state index contributed by atoms with van der Waals surface area (Å²) in [4.78, 5) is 38.4. The fourth-order valence-corrected chi connectivity index (χ4v) is 4.31. The van der Waals surface area contributed by atoms with Gasteiger partial charge in [-0.05, 0) is 24.0 Å². The van der Waals surface area contributed by atoms with Crippen molar-refractivity contribution in [2.24, 2.45) is 11.8 Å². The highest BCUT2D eigenvalue weighted by atomic mass is 16.4. The van der Waals surface area contributed by atoms with Crippen molar-refractivity contribution in [2.75, 3.05) is 19.6 Å². The van der Waals surface area contributed by atoms with Crippen molar-refractivity contribution < 1.29 is 19.5 Å². The molecule has 0 bridgehead atoms. The number of carboxylic acid groups (broad SMARTS) is 1. The lowest BCUT2D eigenvalue weighted by molar-refractivity contribution is -0.133. The molecule has 0 spiro atoms. The van der Waals surface area contributed by atoms with Crippen molar-refractivity contribution in [3.8, 4) is 0 Å². The molecule has 1 heterocycles. The minimum Gasteiger partial charge on any atom is -0.465 e. The maximum absolute atomic E-state index is 12.9. The number of benzene rings is 2. The number of nitrogens with one attached hydrogen (secondary N) is 2. The minimum atomic E-state index is -1.11. The van der Waals surface area contributed by atoms with Gasteiger partial charge in [0.2, 0.25) is 11.8 Å². The van der Waals surface area contributed by atoms with Crippen LogP contribution in [0.2, 0.25) is 0 Å². The lowest BCUT2D eigenvalue weighted by Gasteiger charge is -2.17. The molecule has 1 saturated carbocycles. The van der Waals surface area contributed by atoms with E-state index in [2.05, 4.69) is 10.6 Å². The van der Waals surface area contributed by atoms with Crippen LogP contribution in [-0.4, -0.2) is 53.6 Å². The highest BCUT2D eigenvalue weighted by Gasteiger charge is 2.46. The zero-order chi connectivity index (χ0) is 21.8. The maximum atomic E-state index is 12.9. The van der Waals surface area contributed by atoms with Crippen LogP contribution in [0.5, 0.6) is 0 Å². The van der Waals surface area contributed by atoms with E-state index in [1.165, 1.54) is 5.56 Å². The normalized spacial score (nSPS) is 24.5. The van der Waals surface area contributed by atoms with Crippen molar-refractivity contribution in [3.05, 3.63) is 71.8 Å². The molecule has 31 heavy (non-hydrogen) atoms. The Labute approximate surface area is 181 Å². The Balaban J connectivity index is 1.34. The van der Waals surface area contributed by atoms with E-state index >= 15 is 0 Å². The molecule has 7 heteroatoms. The Kier molecular flexibility index (Phi) is 6.21. The Morgan fingerprint density at radius 3 is 2.16 bits per heavy atom. The zero-order valence-electron chi connectivity index (χ0n) is 17.2. The van der Waals surface area contributed by atoms with Gasteiger partial charge in [-0.25, -0.2) is 4.79 Å². The van der Waals surface area contributed by atoms with Gasteiger partial charge < -0.3 is 20.6 Å². The summed E-state index contributed by atoms with van der Waals surface area (Å²) in [5, 5.41) is 15.3. The summed E-state index contributed by atoms with van der Waals surface area (Å²) in [5.74, 6) is -1.59. The molecule has 0 aromatic heterocycles. The van der Waals surface area contributed by atoms with Crippen molar-refractivity contribution in [3.63, 3.8) is 0 Å². The number of rotatable bonds is 7. The number of likely N-dealkylation sites (tertiary alicyclic amines) is 1. The lowest BCUT2D eigenvalue weighted by atomic mass is 9.94. The third kappa shape index (κ3) is 5.05. The second-order valence-electron chi connectivity index (χ2n) is 8.30. The van der Waals surface area contributed by atoms with Gasteiger partial charge in [-0.1, -0.05) is 60.7 Å². The zero-order valence-corrected chi connectivity index (χ0v) is 17.2. The maximum Gasteiger partial charge on any atom is 0.407 e. The Morgan fingerprint density at radius 2 is 1.52 bits per heavy atom. The molecule has 2 aromatic rings. The molecule has 1 saturated heterocycles. The van der Waals surface area contributed by atoms with E-state index in [0.717, 1.165) is 16.9 Å². The van der Waals surface area contributed by atoms with Crippen LogP contribution in [0, 0.1) is 11.8 Å².